The fourth-order valence-electron chi connectivity index (χ4n) is 0.887. The molecule has 5 nitrogen and oxygen atoms in total. The Kier molecular flexibility index (Phi) is 6.41. The van der Waals surface area contributed by atoms with Gasteiger partial charge in [0.05, 0.1) is 6.54 Å². The third-order valence-corrected chi connectivity index (χ3v) is 1.71. The lowest BCUT2D eigenvalue weighted by molar-refractivity contribution is 0.232. The van der Waals surface area contributed by atoms with Crippen LogP contribution in [0.5, 0.6) is 0 Å². The van der Waals surface area contributed by atoms with Gasteiger partial charge in [0, 0.05) is 6.54 Å². The fraction of sp³-hybridized carbons (Fsp3) is 0.857. The van der Waals surface area contributed by atoms with E-state index in [4.69, 9.17) is 10.9 Å². The van der Waals surface area contributed by atoms with Gasteiger partial charge in [-0.3, -0.25) is 10.2 Å². The molecule has 0 spiro atoms. The molecule has 0 aromatic carbocycles. The summed E-state index contributed by atoms with van der Waals surface area (Å²) in [5.74, 6) is 0.0714. The van der Waals surface area contributed by atoms with Crippen LogP contribution < -0.4 is 11.2 Å². The van der Waals surface area contributed by atoms with E-state index >= 15 is 0 Å². The Hall–Kier alpha value is -0.810. The molecule has 0 aromatic heterocycles. The van der Waals surface area contributed by atoms with E-state index in [1.165, 1.54) is 0 Å². The van der Waals surface area contributed by atoms with Gasteiger partial charge in [-0.25, -0.2) is 5.48 Å². The minimum Gasteiger partial charge on any atom is -0.368 e. The van der Waals surface area contributed by atoms with Crippen LogP contribution in [0, 0.1) is 0 Å². The number of rotatable bonds is 5. The molecule has 0 aliphatic heterocycles. The van der Waals surface area contributed by atoms with E-state index in [0.29, 0.717) is 6.54 Å². The summed E-state index contributed by atoms with van der Waals surface area (Å²) in [4.78, 5) is 6.10. The zero-order valence-corrected chi connectivity index (χ0v) is 7.75. The molecule has 5 heteroatoms. The number of nitrogens with one attached hydrogen (secondary N) is 1. The summed E-state index contributed by atoms with van der Waals surface area (Å²) in [6, 6.07) is 0. The molecule has 0 aliphatic carbocycles. The smallest absolute Gasteiger partial charge is 0.212 e. The predicted molar refractivity (Wildman–Crippen MR) is 49.2 cm³/mol. The van der Waals surface area contributed by atoms with E-state index in [2.05, 4.69) is 23.7 Å². The van der Waals surface area contributed by atoms with Gasteiger partial charge < -0.3 is 10.6 Å². The van der Waals surface area contributed by atoms with Crippen molar-refractivity contribution < 1.29 is 5.21 Å². The summed E-state index contributed by atoms with van der Waals surface area (Å²) < 4.78 is 0. The van der Waals surface area contributed by atoms with E-state index in [0.717, 1.165) is 19.6 Å². The van der Waals surface area contributed by atoms with Gasteiger partial charge in [0.15, 0.2) is 0 Å². The average Bonchev–Trinajstić information content (AvgIpc) is 2.12. The SMILES string of the molecule is CCN(CC)CCN=C(N)NO. The zero-order chi connectivity index (χ0) is 9.40. The van der Waals surface area contributed by atoms with Crippen LogP contribution in [0.4, 0.5) is 0 Å². The lowest BCUT2D eigenvalue weighted by Gasteiger charge is -2.15. The Morgan fingerprint density at radius 3 is 2.50 bits per heavy atom. The van der Waals surface area contributed by atoms with Gasteiger partial charge in [0.2, 0.25) is 5.96 Å². The fourth-order valence-corrected chi connectivity index (χ4v) is 0.887. The average molecular weight is 174 g/mol. The maximum absolute atomic E-state index is 8.30. The maximum atomic E-state index is 8.30. The Bertz CT molecular complexity index is 133. The second-order valence-corrected chi connectivity index (χ2v) is 2.41. The Morgan fingerprint density at radius 1 is 1.50 bits per heavy atom. The van der Waals surface area contributed by atoms with E-state index < -0.39 is 0 Å². The Labute approximate surface area is 73.2 Å². The van der Waals surface area contributed by atoms with E-state index in [1.54, 1.807) is 5.48 Å². The molecule has 4 N–H and O–H groups in total. The first-order valence-electron chi connectivity index (χ1n) is 4.17. The minimum absolute atomic E-state index is 0.0714. The summed E-state index contributed by atoms with van der Waals surface area (Å²) in [6.07, 6.45) is 0. The zero-order valence-electron chi connectivity index (χ0n) is 7.75. The summed E-state index contributed by atoms with van der Waals surface area (Å²) in [7, 11) is 0. The van der Waals surface area contributed by atoms with Gasteiger partial charge >= 0.3 is 0 Å². The molecule has 72 valence electrons. The molecular formula is C7H18N4O. The Balaban J connectivity index is 3.53. The van der Waals surface area contributed by atoms with Crippen molar-refractivity contribution >= 4 is 5.96 Å². The molecule has 0 aromatic rings. The van der Waals surface area contributed by atoms with Crippen molar-refractivity contribution in [2.45, 2.75) is 13.8 Å². The second-order valence-electron chi connectivity index (χ2n) is 2.41. The number of nitrogens with zero attached hydrogens (tertiary/aromatic N) is 2. The van der Waals surface area contributed by atoms with Gasteiger partial charge in [-0.1, -0.05) is 13.8 Å². The third kappa shape index (κ3) is 4.92. The number of nitrogens with two attached hydrogens (primary N) is 1. The van der Waals surface area contributed by atoms with Crippen molar-refractivity contribution in [2.75, 3.05) is 26.2 Å². The molecule has 0 radical (unpaired) electrons. The molecular weight excluding hydrogens is 156 g/mol. The number of hydrogen-bond acceptors (Lipinski definition) is 3. The number of hydroxylamine groups is 1. The van der Waals surface area contributed by atoms with Crippen molar-refractivity contribution in [2.24, 2.45) is 10.7 Å². The van der Waals surface area contributed by atoms with Crippen LogP contribution in [0.3, 0.4) is 0 Å². The second kappa shape index (κ2) is 6.87. The molecule has 0 atom stereocenters. The lowest BCUT2D eigenvalue weighted by Crippen LogP contribution is -2.31. The quantitative estimate of drug-likeness (QED) is 0.302. The lowest BCUT2D eigenvalue weighted by atomic mass is 10.5. The van der Waals surface area contributed by atoms with Crippen LogP contribution in [0.2, 0.25) is 0 Å². The van der Waals surface area contributed by atoms with Crippen molar-refractivity contribution in [1.82, 2.24) is 10.4 Å². The highest BCUT2D eigenvalue weighted by molar-refractivity contribution is 5.76. The topological polar surface area (TPSA) is 73.9 Å². The molecule has 0 rings (SSSR count). The molecule has 0 fully saturated rings. The monoisotopic (exact) mass is 174 g/mol. The van der Waals surface area contributed by atoms with Crippen LogP contribution in [0.25, 0.3) is 0 Å². The van der Waals surface area contributed by atoms with Gasteiger partial charge in [-0.15, -0.1) is 0 Å². The molecule has 0 amide bonds. The van der Waals surface area contributed by atoms with Crippen LogP contribution in [-0.4, -0.2) is 42.2 Å². The molecule has 0 aliphatic rings. The normalized spacial score (nSPS) is 12.2. The highest BCUT2D eigenvalue weighted by atomic mass is 16.5. The van der Waals surface area contributed by atoms with Crippen LogP contribution in [-0.2, 0) is 0 Å². The third-order valence-electron chi connectivity index (χ3n) is 1.71. The van der Waals surface area contributed by atoms with Crippen LogP contribution in [0.1, 0.15) is 13.8 Å². The minimum atomic E-state index is 0.0714. The number of guanidine groups is 1. The first kappa shape index (κ1) is 11.2. The van der Waals surface area contributed by atoms with Crippen LogP contribution >= 0.6 is 0 Å². The summed E-state index contributed by atoms with van der Waals surface area (Å²) in [5, 5.41) is 8.30. The van der Waals surface area contributed by atoms with E-state index in [-0.39, 0.29) is 5.96 Å². The van der Waals surface area contributed by atoms with Crippen molar-refractivity contribution in [3.8, 4) is 0 Å². The van der Waals surface area contributed by atoms with E-state index in [1.807, 2.05) is 0 Å². The molecule has 12 heavy (non-hydrogen) atoms. The molecule has 0 bridgehead atoms. The largest absolute Gasteiger partial charge is 0.368 e. The molecule has 0 saturated heterocycles. The number of likely N-dealkylation sites (N-methyl/N-ethyl adjacent to an activating group) is 1. The van der Waals surface area contributed by atoms with Gasteiger partial charge in [-0.05, 0) is 13.1 Å². The van der Waals surface area contributed by atoms with Gasteiger partial charge in [0.25, 0.3) is 0 Å². The van der Waals surface area contributed by atoms with Gasteiger partial charge in [0.1, 0.15) is 0 Å². The summed E-state index contributed by atoms with van der Waals surface area (Å²) >= 11 is 0. The molecule has 0 unspecified atom stereocenters. The standard InChI is InChI=1S/C7H18N4O/c1-3-11(4-2)6-5-9-7(8)10-12/h12H,3-6H2,1-2H3,(H3,8,9,10). The van der Waals surface area contributed by atoms with E-state index in [9.17, 15) is 0 Å². The number of hydrogen-bond donors (Lipinski definition) is 3. The predicted octanol–water partition coefficient (Wildman–Crippen LogP) is -0.378. The van der Waals surface area contributed by atoms with Gasteiger partial charge in [-0.2, -0.15) is 0 Å². The molecule has 0 heterocycles. The highest BCUT2D eigenvalue weighted by Gasteiger charge is 1.96. The Morgan fingerprint density at radius 2 is 2.08 bits per heavy atom. The molecule has 0 saturated carbocycles. The number of aliphatic imine (C=N–C) groups is 1. The van der Waals surface area contributed by atoms with Crippen LogP contribution in [0.15, 0.2) is 4.99 Å². The first-order valence-corrected chi connectivity index (χ1v) is 4.17. The summed E-state index contributed by atoms with van der Waals surface area (Å²) in [5.41, 5.74) is 7.00. The first-order chi connectivity index (χ1) is 5.74. The van der Waals surface area contributed by atoms with Crippen molar-refractivity contribution in [3.05, 3.63) is 0 Å². The highest BCUT2D eigenvalue weighted by Crippen LogP contribution is 1.85. The maximum Gasteiger partial charge on any atom is 0.212 e. The van der Waals surface area contributed by atoms with Crippen molar-refractivity contribution in [1.29, 1.82) is 0 Å². The van der Waals surface area contributed by atoms with Crippen molar-refractivity contribution in [3.63, 3.8) is 0 Å². The summed E-state index contributed by atoms with van der Waals surface area (Å²) in [6.45, 7) is 7.70.